The molecule has 1 aromatic carbocycles. The van der Waals surface area contributed by atoms with Crippen LogP contribution in [0.3, 0.4) is 0 Å². The number of carbonyl (C=O) groups is 2. The van der Waals surface area contributed by atoms with E-state index in [0.29, 0.717) is 12.0 Å². The molecule has 0 radical (unpaired) electrons. The molecular formula is C14H18BrNO3. The van der Waals surface area contributed by atoms with Gasteiger partial charge in [-0.3, -0.25) is 9.59 Å². The smallest absolute Gasteiger partial charge is 0.292 e. The van der Waals surface area contributed by atoms with Crippen LogP contribution in [-0.2, 0) is 4.79 Å². The van der Waals surface area contributed by atoms with Gasteiger partial charge >= 0.3 is 0 Å². The third kappa shape index (κ3) is 4.76. The van der Waals surface area contributed by atoms with Crippen LogP contribution in [0.4, 0.5) is 0 Å². The molecule has 5 heteroatoms. The van der Waals surface area contributed by atoms with Gasteiger partial charge in [-0.2, -0.15) is 0 Å². The molecule has 1 rings (SSSR count). The molecule has 19 heavy (non-hydrogen) atoms. The van der Waals surface area contributed by atoms with Crippen LogP contribution in [0, 0.1) is 5.92 Å². The highest BCUT2D eigenvalue weighted by Crippen LogP contribution is 2.12. The van der Waals surface area contributed by atoms with Crippen molar-refractivity contribution in [2.75, 3.05) is 6.61 Å². The Kier molecular flexibility index (Phi) is 6.18. The van der Waals surface area contributed by atoms with Crippen LogP contribution in [0.1, 0.15) is 30.6 Å². The van der Waals surface area contributed by atoms with Crippen LogP contribution in [0.15, 0.2) is 28.7 Å². The maximum atomic E-state index is 11.9. The predicted molar refractivity (Wildman–Crippen MR) is 76.9 cm³/mol. The summed E-state index contributed by atoms with van der Waals surface area (Å²) in [5.41, 5.74) is 0.354. The van der Waals surface area contributed by atoms with Gasteiger partial charge < -0.3 is 10.4 Å². The first-order chi connectivity index (χ1) is 8.95. The average molecular weight is 328 g/mol. The number of rotatable bonds is 6. The maximum absolute atomic E-state index is 11.9. The molecule has 104 valence electrons. The largest absolute Gasteiger partial charge is 0.396 e. The van der Waals surface area contributed by atoms with E-state index >= 15 is 0 Å². The minimum atomic E-state index is -0.630. The first-order valence-electron chi connectivity index (χ1n) is 6.17. The van der Waals surface area contributed by atoms with Crippen LogP contribution in [-0.4, -0.2) is 29.4 Å². The lowest BCUT2D eigenvalue weighted by molar-refractivity contribution is -0.118. The molecule has 0 aliphatic rings. The Labute approximate surface area is 121 Å². The van der Waals surface area contributed by atoms with Gasteiger partial charge in [0.1, 0.15) is 0 Å². The van der Waals surface area contributed by atoms with Crippen LogP contribution in [0.25, 0.3) is 0 Å². The lowest BCUT2D eigenvalue weighted by Gasteiger charge is -2.20. The van der Waals surface area contributed by atoms with Crippen molar-refractivity contribution in [3.05, 3.63) is 34.3 Å². The highest BCUT2D eigenvalue weighted by molar-refractivity contribution is 9.10. The third-order valence-corrected chi connectivity index (χ3v) is 3.40. The molecule has 0 heterocycles. The van der Waals surface area contributed by atoms with E-state index in [0.717, 1.165) is 4.47 Å². The van der Waals surface area contributed by atoms with E-state index in [9.17, 15) is 9.59 Å². The number of amides is 1. The van der Waals surface area contributed by atoms with E-state index in [1.165, 1.54) is 0 Å². The van der Waals surface area contributed by atoms with E-state index in [-0.39, 0.29) is 18.6 Å². The third-order valence-electron chi connectivity index (χ3n) is 2.87. The Hall–Kier alpha value is -1.20. The Morgan fingerprint density at radius 1 is 1.26 bits per heavy atom. The van der Waals surface area contributed by atoms with Crippen LogP contribution >= 0.6 is 15.9 Å². The molecule has 1 amide bonds. The van der Waals surface area contributed by atoms with Gasteiger partial charge in [0, 0.05) is 22.7 Å². The minimum Gasteiger partial charge on any atom is -0.396 e. The number of ketones is 1. The first kappa shape index (κ1) is 15.9. The summed E-state index contributed by atoms with van der Waals surface area (Å²) in [6, 6.07) is 6.43. The molecule has 0 aliphatic heterocycles. The number of aliphatic hydroxyl groups excluding tert-OH is 1. The molecule has 0 saturated carbocycles. The molecule has 1 unspecified atom stereocenters. The van der Waals surface area contributed by atoms with E-state index < -0.39 is 11.7 Å². The molecule has 0 aliphatic carbocycles. The van der Waals surface area contributed by atoms with E-state index in [4.69, 9.17) is 5.11 Å². The molecule has 1 aromatic rings. The van der Waals surface area contributed by atoms with Gasteiger partial charge in [-0.15, -0.1) is 0 Å². The number of benzene rings is 1. The molecule has 0 saturated heterocycles. The summed E-state index contributed by atoms with van der Waals surface area (Å²) in [5.74, 6) is -1.03. The molecule has 0 spiro atoms. The van der Waals surface area contributed by atoms with Gasteiger partial charge in [0.2, 0.25) is 5.78 Å². The number of nitrogens with one attached hydrogen (secondary N) is 1. The molecule has 0 fully saturated rings. The Bertz CT molecular complexity index is 443. The maximum Gasteiger partial charge on any atom is 0.292 e. The molecule has 0 bridgehead atoms. The minimum absolute atomic E-state index is 0.0183. The number of halogens is 1. The van der Waals surface area contributed by atoms with Gasteiger partial charge in [0.25, 0.3) is 5.91 Å². The number of Topliss-reactive ketones (excluding diaryl/α,β-unsaturated/α-hetero) is 1. The summed E-state index contributed by atoms with van der Waals surface area (Å²) in [4.78, 5) is 23.8. The SMILES string of the molecule is CC(C)C(CCO)NC(=O)C(=O)c1ccc(Br)cc1. The molecule has 1 atom stereocenters. The zero-order valence-electron chi connectivity index (χ0n) is 11.0. The van der Waals surface area contributed by atoms with Gasteiger partial charge in [-0.1, -0.05) is 29.8 Å². The van der Waals surface area contributed by atoms with Gasteiger partial charge in [-0.05, 0) is 36.6 Å². The predicted octanol–water partition coefficient (Wildman–Crippen LogP) is 2.16. The summed E-state index contributed by atoms with van der Waals surface area (Å²) >= 11 is 3.27. The second-order valence-electron chi connectivity index (χ2n) is 4.67. The Morgan fingerprint density at radius 3 is 2.32 bits per heavy atom. The standard InChI is InChI=1S/C14H18BrNO3/c1-9(2)12(7-8-17)16-14(19)13(18)10-3-5-11(15)6-4-10/h3-6,9,12,17H,7-8H2,1-2H3,(H,16,19). The quantitative estimate of drug-likeness (QED) is 0.621. The van der Waals surface area contributed by atoms with Crippen molar-refractivity contribution >= 4 is 27.6 Å². The van der Waals surface area contributed by atoms with Crippen molar-refractivity contribution in [2.24, 2.45) is 5.92 Å². The fraction of sp³-hybridized carbons (Fsp3) is 0.429. The van der Waals surface area contributed by atoms with Crippen molar-refractivity contribution in [1.29, 1.82) is 0 Å². The number of aliphatic hydroxyl groups is 1. The second-order valence-corrected chi connectivity index (χ2v) is 5.59. The number of hydrogen-bond acceptors (Lipinski definition) is 3. The molecule has 4 nitrogen and oxygen atoms in total. The van der Waals surface area contributed by atoms with Crippen molar-refractivity contribution < 1.29 is 14.7 Å². The average Bonchev–Trinajstić information content (AvgIpc) is 2.38. The lowest BCUT2D eigenvalue weighted by Crippen LogP contribution is -2.42. The van der Waals surface area contributed by atoms with Crippen molar-refractivity contribution in [2.45, 2.75) is 26.3 Å². The summed E-state index contributed by atoms with van der Waals surface area (Å²) in [7, 11) is 0. The molecular weight excluding hydrogens is 310 g/mol. The van der Waals surface area contributed by atoms with E-state index in [1.54, 1.807) is 24.3 Å². The zero-order chi connectivity index (χ0) is 14.4. The topological polar surface area (TPSA) is 66.4 Å². The second kappa shape index (κ2) is 7.40. The summed E-state index contributed by atoms with van der Waals surface area (Å²) in [5, 5.41) is 11.6. The van der Waals surface area contributed by atoms with E-state index in [2.05, 4.69) is 21.2 Å². The summed E-state index contributed by atoms with van der Waals surface area (Å²) in [6.45, 7) is 3.85. The van der Waals surface area contributed by atoms with Gasteiger partial charge in [-0.25, -0.2) is 0 Å². The molecule has 0 aromatic heterocycles. The lowest BCUT2D eigenvalue weighted by atomic mass is 10.0. The van der Waals surface area contributed by atoms with Crippen LogP contribution < -0.4 is 5.32 Å². The van der Waals surface area contributed by atoms with Gasteiger partial charge in [0.15, 0.2) is 0 Å². The van der Waals surface area contributed by atoms with Gasteiger partial charge in [0.05, 0.1) is 0 Å². The van der Waals surface area contributed by atoms with Crippen molar-refractivity contribution in [1.82, 2.24) is 5.32 Å². The highest BCUT2D eigenvalue weighted by atomic mass is 79.9. The van der Waals surface area contributed by atoms with Crippen LogP contribution in [0.5, 0.6) is 0 Å². The fourth-order valence-electron chi connectivity index (χ4n) is 1.68. The summed E-state index contributed by atoms with van der Waals surface area (Å²) in [6.07, 6.45) is 0.441. The Morgan fingerprint density at radius 2 is 1.84 bits per heavy atom. The number of hydrogen-bond donors (Lipinski definition) is 2. The first-order valence-corrected chi connectivity index (χ1v) is 6.96. The van der Waals surface area contributed by atoms with Crippen LogP contribution in [0.2, 0.25) is 0 Å². The zero-order valence-corrected chi connectivity index (χ0v) is 12.6. The number of carbonyl (C=O) groups excluding carboxylic acids is 2. The highest BCUT2D eigenvalue weighted by Gasteiger charge is 2.21. The van der Waals surface area contributed by atoms with Crippen molar-refractivity contribution in [3.8, 4) is 0 Å². The normalized spacial score (nSPS) is 12.3. The monoisotopic (exact) mass is 327 g/mol. The van der Waals surface area contributed by atoms with Crippen molar-refractivity contribution in [3.63, 3.8) is 0 Å². The fourth-order valence-corrected chi connectivity index (χ4v) is 1.94. The molecule has 2 N–H and O–H groups in total. The summed E-state index contributed by atoms with van der Waals surface area (Å²) < 4.78 is 0.852. The van der Waals surface area contributed by atoms with E-state index in [1.807, 2.05) is 13.8 Å². The Balaban J connectivity index is 2.71.